The van der Waals surface area contributed by atoms with E-state index in [4.69, 9.17) is 21.1 Å². The Morgan fingerprint density at radius 2 is 2.00 bits per heavy atom. The number of benzene rings is 1. The van der Waals surface area contributed by atoms with Crippen molar-refractivity contribution in [1.82, 2.24) is 10.3 Å². The first-order valence-corrected chi connectivity index (χ1v) is 11.0. The van der Waals surface area contributed by atoms with Crippen molar-refractivity contribution in [3.63, 3.8) is 0 Å². The lowest BCUT2D eigenvalue weighted by atomic mass is 10.1. The molecule has 1 aliphatic rings. The van der Waals surface area contributed by atoms with Crippen LogP contribution >= 0.6 is 22.9 Å². The molecule has 1 fully saturated rings. The molecule has 3 rings (SSSR count). The van der Waals surface area contributed by atoms with Crippen LogP contribution in [0, 0.1) is 0 Å². The number of ether oxygens (including phenoxy) is 2. The number of nitrogens with zero attached hydrogens (tertiary/aromatic N) is 1. The molecule has 8 nitrogen and oxygen atoms in total. The highest BCUT2D eigenvalue weighted by atomic mass is 35.5. The highest BCUT2D eigenvalue weighted by Crippen LogP contribution is 2.33. The van der Waals surface area contributed by atoms with Crippen LogP contribution < -0.4 is 20.1 Å². The Balaban J connectivity index is 1.67. The molecule has 1 aliphatic heterocycles. The molecule has 1 aromatic heterocycles. The van der Waals surface area contributed by atoms with Crippen LogP contribution in [0.1, 0.15) is 0 Å². The summed E-state index contributed by atoms with van der Waals surface area (Å²) in [5.41, 5.74) is 1.47. The van der Waals surface area contributed by atoms with Crippen LogP contribution in [0.4, 0.5) is 9.93 Å². The molecule has 146 valence electrons. The van der Waals surface area contributed by atoms with Gasteiger partial charge in [-0.25, -0.2) is 18.2 Å². The highest BCUT2D eigenvalue weighted by Gasteiger charge is 2.37. The Bertz CT molecular complexity index is 947. The van der Waals surface area contributed by atoms with Gasteiger partial charge in [-0.1, -0.05) is 0 Å². The van der Waals surface area contributed by atoms with Gasteiger partial charge < -0.3 is 14.8 Å². The smallest absolute Gasteiger partial charge is 0.321 e. The third kappa shape index (κ3) is 4.63. The Labute approximate surface area is 165 Å². The maximum Gasteiger partial charge on any atom is 0.321 e. The standard InChI is InChI=1S/C16H18ClN3O5S2/c1-24-13-4-3-9(5-14(13)25-2)11-6-26-16(19-11)20-15(21)18-12-8-27(22,23)7-10(12)17/h3-6,10,12H,7-8H2,1-2H3,(H2,18,19,20,21)/t10-,12-/m0/s1. The quantitative estimate of drug-likeness (QED) is 0.704. The third-order valence-corrected chi connectivity index (χ3v) is 7.14. The van der Waals surface area contributed by atoms with Gasteiger partial charge in [0.1, 0.15) is 0 Å². The Morgan fingerprint density at radius 3 is 2.63 bits per heavy atom. The molecule has 27 heavy (non-hydrogen) atoms. The van der Waals surface area contributed by atoms with E-state index in [-0.39, 0.29) is 11.5 Å². The molecule has 0 spiro atoms. The normalized spacial score (nSPS) is 20.9. The summed E-state index contributed by atoms with van der Waals surface area (Å²) in [5.74, 6) is 0.881. The van der Waals surface area contributed by atoms with Crippen molar-refractivity contribution in [2.75, 3.05) is 31.0 Å². The van der Waals surface area contributed by atoms with Gasteiger partial charge in [-0.05, 0) is 18.2 Å². The van der Waals surface area contributed by atoms with Gasteiger partial charge in [0.2, 0.25) is 0 Å². The number of methoxy groups -OCH3 is 2. The Kier molecular flexibility index (Phi) is 5.78. The number of thiazole rings is 1. The number of hydrogen-bond donors (Lipinski definition) is 2. The van der Waals surface area contributed by atoms with Crippen LogP contribution in [0.2, 0.25) is 0 Å². The molecule has 1 saturated heterocycles. The predicted molar refractivity (Wildman–Crippen MR) is 105 cm³/mol. The SMILES string of the molecule is COc1ccc(-c2csc(NC(=O)N[C@H]3CS(=O)(=O)C[C@@H]3Cl)n2)cc1OC. The second kappa shape index (κ2) is 7.91. The summed E-state index contributed by atoms with van der Waals surface area (Å²) in [4.78, 5) is 16.5. The number of anilines is 1. The van der Waals surface area contributed by atoms with Crippen LogP contribution in [0.25, 0.3) is 11.3 Å². The predicted octanol–water partition coefficient (Wildman–Crippen LogP) is 2.35. The van der Waals surface area contributed by atoms with Gasteiger partial charge in [0.15, 0.2) is 26.5 Å². The number of halogens is 1. The zero-order valence-corrected chi connectivity index (χ0v) is 17.0. The number of carbonyl (C=O) groups excluding carboxylic acids is 1. The zero-order chi connectivity index (χ0) is 19.6. The second-order valence-corrected chi connectivity index (χ2v) is 9.48. The summed E-state index contributed by atoms with van der Waals surface area (Å²) in [6.07, 6.45) is 0. The Morgan fingerprint density at radius 1 is 1.26 bits per heavy atom. The molecule has 0 unspecified atom stereocenters. The van der Waals surface area contributed by atoms with E-state index in [0.717, 1.165) is 5.56 Å². The van der Waals surface area contributed by atoms with Crippen LogP contribution in [0.5, 0.6) is 11.5 Å². The van der Waals surface area contributed by atoms with Crippen LogP contribution in [-0.4, -0.2) is 56.6 Å². The number of hydrogen-bond acceptors (Lipinski definition) is 7. The summed E-state index contributed by atoms with van der Waals surface area (Å²) in [5, 5.41) is 6.72. The monoisotopic (exact) mass is 431 g/mol. The molecule has 0 radical (unpaired) electrons. The third-order valence-electron chi connectivity index (χ3n) is 4.00. The molecule has 2 atom stereocenters. The van der Waals surface area contributed by atoms with Gasteiger partial charge in [0, 0.05) is 10.9 Å². The van der Waals surface area contributed by atoms with E-state index in [1.165, 1.54) is 11.3 Å². The van der Waals surface area contributed by atoms with Gasteiger partial charge in [-0.15, -0.1) is 22.9 Å². The fourth-order valence-electron chi connectivity index (χ4n) is 2.70. The molecule has 2 N–H and O–H groups in total. The lowest BCUT2D eigenvalue weighted by Crippen LogP contribution is -2.42. The van der Waals surface area contributed by atoms with Gasteiger partial charge in [0.05, 0.1) is 42.8 Å². The largest absolute Gasteiger partial charge is 0.493 e. The van der Waals surface area contributed by atoms with E-state index in [9.17, 15) is 13.2 Å². The highest BCUT2D eigenvalue weighted by molar-refractivity contribution is 7.91. The fourth-order valence-corrected chi connectivity index (χ4v) is 5.96. The van der Waals surface area contributed by atoms with Crippen molar-refractivity contribution in [2.24, 2.45) is 0 Å². The summed E-state index contributed by atoms with van der Waals surface area (Å²) < 4.78 is 33.6. The molecule has 0 aliphatic carbocycles. The average molecular weight is 432 g/mol. The molecule has 2 amide bonds. The number of sulfone groups is 1. The molecular formula is C16H18ClN3O5S2. The summed E-state index contributed by atoms with van der Waals surface area (Å²) in [6.45, 7) is 0. The molecule has 2 aromatic rings. The summed E-state index contributed by atoms with van der Waals surface area (Å²) >= 11 is 7.24. The minimum absolute atomic E-state index is 0.139. The molecule has 11 heteroatoms. The number of rotatable bonds is 5. The number of amides is 2. The number of urea groups is 1. The first kappa shape index (κ1) is 19.7. The lowest BCUT2D eigenvalue weighted by molar-refractivity contribution is 0.249. The average Bonchev–Trinajstić information content (AvgIpc) is 3.17. The molecule has 0 bridgehead atoms. The van der Waals surface area contributed by atoms with Crippen molar-refractivity contribution in [1.29, 1.82) is 0 Å². The maximum atomic E-state index is 12.1. The van der Waals surface area contributed by atoms with Gasteiger partial charge in [-0.2, -0.15) is 0 Å². The maximum absolute atomic E-state index is 12.1. The van der Waals surface area contributed by atoms with Gasteiger partial charge >= 0.3 is 6.03 Å². The zero-order valence-electron chi connectivity index (χ0n) is 14.6. The van der Waals surface area contributed by atoms with Gasteiger partial charge in [-0.3, -0.25) is 5.32 Å². The van der Waals surface area contributed by atoms with E-state index in [1.807, 2.05) is 6.07 Å². The summed E-state index contributed by atoms with van der Waals surface area (Å²) in [6, 6.07) is 4.23. The van der Waals surface area contributed by atoms with Crippen LogP contribution in [0.3, 0.4) is 0 Å². The van der Waals surface area contributed by atoms with Crippen LogP contribution in [-0.2, 0) is 9.84 Å². The molecule has 0 saturated carbocycles. The van der Waals surface area contributed by atoms with Crippen molar-refractivity contribution in [3.05, 3.63) is 23.6 Å². The van der Waals surface area contributed by atoms with E-state index >= 15 is 0 Å². The van der Waals surface area contributed by atoms with Crippen molar-refractivity contribution >= 4 is 43.9 Å². The van der Waals surface area contributed by atoms with Gasteiger partial charge in [0.25, 0.3) is 0 Å². The van der Waals surface area contributed by atoms with E-state index in [0.29, 0.717) is 22.3 Å². The minimum atomic E-state index is -3.22. The van der Waals surface area contributed by atoms with E-state index in [1.54, 1.807) is 31.7 Å². The molecule has 1 aromatic carbocycles. The minimum Gasteiger partial charge on any atom is -0.493 e. The van der Waals surface area contributed by atoms with E-state index < -0.39 is 27.3 Å². The second-order valence-electron chi connectivity index (χ2n) is 5.91. The first-order chi connectivity index (χ1) is 12.8. The molecule has 2 heterocycles. The van der Waals surface area contributed by atoms with Crippen molar-refractivity contribution in [2.45, 2.75) is 11.4 Å². The number of carbonyl (C=O) groups is 1. The number of aromatic nitrogens is 1. The summed E-state index contributed by atoms with van der Waals surface area (Å²) in [7, 11) is -0.111. The first-order valence-electron chi connectivity index (χ1n) is 7.91. The number of nitrogens with one attached hydrogen (secondary N) is 2. The Hall–Kier alpha value is -2.04. The fraction of sp³-hybridized carbons (Fsp3) is 0.375. The van der Waals surface area contributed by atoms with Crippen LogP contribution in [0.15, 0.2) is 23.6 Å². The topological polar surface area (TPSA) is 107 Å². The lowest BCUT2D eigenvalue weighted by Gasteiger charge is -2.14. The van der Waals surface area contributed by atoms with Crippen molar-refractivity contribution < 1.29 is 22.7 Å². The van der Waals surface area contributed by atoms with Crippen molar-refractivity contribution in [3.8, 4) is 22.8 Å². The van der Waals surface area contributed by atoms with E-state index in [2.05, 4.69) is 15.6 Å². The molecular weight excluding hydrogens is 414 g/mol. The number of alkyl halides is 1.